The van der Waals surface area contributed by atoms with Crippen molar-refractivity contribution in [2.75, 3.05) is 11.9 Å². The maximum absolute atomic E-state index is 13.0. The van der Waals surface area contributed by atoms with Gasteiger partial charge in [0.2, 0.25) is 0 Å². The first-order valence-electron chi connectivity index (χ1n) is 6.72. The quantitative estimate of drug-likeness (QED) is 0.815. The largest absolute Gasteiger partial charge is 0.385 e. The zero-order valence-corrected chi connectivity index (χ0v) is 11.5. The van der Waals surface area contributed by atoms with Crippen LogP contribution >= 0.6 is 0 Å². The number of halogens is 1. The Morgan fingerprint density at radius 2 is 1.84 bits per heavy atom. The zero-order valence-electron chi connectivity index (χ0n) is 11.5. The van der Waals surface area contributed by atoms with Gasteiger partial charge in [0, 0.05) is 12.2 Å². The predicted octanol–water partition coefficient (Wildman–Crippen LogP) is 4.74. The van der Waals surface area contributed by atoms with Gasteiger partial charge in [-0.1, -0.05) is 37.3 Å². The number of anilines is 1. The van der Waals surface area contributed by atoms with E-state index in [9.17, 15) is 4.39 Å². The Balaban J connectivity index is 1.86. The van der Waals surface area contributed by atoms with Gasteiger partial charge in [-0.3, -0.25) is 0 Å². The van der Waals surface area contributed by atoms with E-state index in [0.29, 0.717) is 5.92 Å². The van der Waals surface area contributed by atoms with E-state index in [-0.39, 0.29) is 5.82 Å². The number of hydrogen-bond acceptors (Lipinski definition) is 1. The van der Waals surface area contributed by atoms with Crippen molar-refractivity contribution in [1.29, 1.82) is 0 Å². The first-order valence-corrected chi connectivity index (χ1v) is 6.72. The molecule has 0 heterocycles. The molecule has 2 aromatic rings. The van der Waals surface area contributed by atoms with E-state index in [1.807, 2.05) is 13.0 Å². The highest BCUT2D eigenvalue weighted by atomic mass is 19.1. The number of hydrogen-bond donors (Lipinski definition) is 1. The van der Waals surface area contributed by atoms with Gasteiger partial charge in [-0.2, -0.15) is 0 Å². The number of nitrogens with one attached hydrogen (secondary N) is 1. The second kappa shape index (κ2) is 6.37. The number of aryl methyl sites for hydroxylation is 1. The van der Waals surface area contributed by atoms with Crippen molar-refractivity contribution in [2.45, 2.75) is 26.2 Å². The van der Waals surface area contributed by atoms with E-state index >= 15 is 0 Å². The highest BCUT2D eigenvalue weighted by Gasteiger charge is 2.05. The lowest BCUT2D eigenvalue weighted by Gasteiger charge is -2.14. The molecular formula is C17H20FN. The Hall–Kier alpha value is -1.83. The summed E-state index contributed by atoms with van der Waals surface area (Å²) in [7, 11) is 0. The molecule has 0 aromatic heterocycles. The van der Waals surface area contributed by atoms with E-state index in [4.69, 9.17) is 0 Å². The van der Waals surface area contributed by atoms with Crippen LogP contribution in [0.2, 0.25) is 0 Å². The summed E-state index contributed by atoms with van der Waals surface area (Å²) in [6, 6.07) is 15.4. The van der Waals surface area contributed by atoms with Gasteiger partial charge in [0.15, 0.2) is 0 Å². The Morgan fingerprint density at radius 1 is 1.11 bits per heavy atom. The van der Waals surface area contributed by atoms with Gasteiger partial charge in [-0.25, -0.2) is 4.39 Å². The van der Waals surface area contributed by atoms with Gasteiger partial charge < -0.3 is 5.32 Å². The van der Waals surface area contributed by atoms with Crippen molar-refractivity contribution >= 4 is 5.69 Å². The van der Waals surface area contributed by atoms with Gasteiger partial charge in [0.1, 0.15) is 5.82 Å². The minimum Gasteiger partial charge on any atom is -0.385 e. The number of benzene rings is 2. The molecule has 100 valence electrons. The average Bonchev–Trinajstić information content (AvgIpc) is 2.42. The van der Waals surface area contributed by atoms with Crippen LogP contribution < -0.4 is 5.32 Å². The molecule has 19 heavy (non-hydrogen) atoms. The first kappa shape index (κ1) is 13.6. The van der Waals surface area contributed by atoms with Gasteiger partial charge in [0.25, 0.3) is 0 Å². The summed E-state index contributed by atoms with van der Waals surface area (Å²) in [5.74, 6) is 0.343. The van der Waals surface area contributed by atoms with Crippen LogP contribution in [-0.2, 0) is 0 Å². The van der Waals surface area contributed by atoms with Gasteiger partial charge in [-0.05, 0) is 48.6 Å². The minimum absolute atomic E-state index is 0.180. The van der Waals surface area contributed by atoms with Crippen LogP contribution in [0, 0.1) is 12.7 Å². The summed E-state index contributed by atoms with van der Waals surface area (Å²) in [4.78, 5) is 0. The fraction of sp³-hybridized carbons (Fsp3) is 0.294. The van der Waals surface area contributed by atoms with Crippen LogP contribution in [-0.4, -0.2) is 6.54 Å². The molecule has 2 aromatic carbocycles. The highest BCUT2D eigenvalue weighted by molar-refractivity contribution is 5.50. The van der Waals surface area contributed by atoms with Crippen molar-refractivity contribution in [3.8, 4) is 0 Å². The van der Waals surface area contributed by atoms with Crippen LogP contribution in [0.1, 0.15) is 30.4 Å². The summed E-state index contributed by atoms with van der Waals surface area (Å²) in [6.07, 6.45) is 1.06. The minimum atomic E-state index is -0.180. The summed E-state index contributed by atoms with van der Waals surface area (Å²) in [6.45, 7) is 5.04. The average molecular weight is 257 g/mol. The monoisotopic (exact) mass is 257 g/mol. The molecule has 0 bridgehead atoms. The van der Waals surface area contributed by atoms with Crippen LogP contribution in [0.4, 0.5) is 10.1 Å². The van der Waals surface area contributed by atoms with Crippen molar-refractivity contribution in [2.24, 2.45) is 0 Å². The summed E-state index contributed by atoms with van der Waals surface area (Å²) < 4.78 is 13.0. The van der Waals surface area contributed by atoms with Crippen molar-refractivity contribution in [3.05, 3.63) is 65.5 Å². The normalized spacial score (nSPS) is 12.2. The molecule has 0 amide bonds. The van der Waals surface area contributed by atoms with E-state index in [0.717, 1.165) is 24.2 Å². The van der Waals surface area contributed by atoms with Crippen molar-refractivity contribution < 1.29 is 4.39 Å². The molecule has 2 heteroatoms. The molecular weight excluding hydrogens is 237 g/mol. The summed E-state index contributed by atoms with van der Waals surface area (Å²) in [5.41, 5.74) is 3.33. The molecule has 0 spiro atoms. The molecule has 2 rings (SSSR count). The molecule has 0 aliphatic rings. The molecule has 1 N–H and O–H groups in total. The Kier molecular flexibility index (Phi) is 4.56. The Labute approximate surface area is 114 Å². The highest BCUT2D eigenvalue weighted by Crippen LogP contribution is 2.20. The Bertz CT molecular complexity index is 522. The fourth-order valence-electron chi connectivity index (χ4n) is 2.20. The van der Waals surface area contributed by atoms with Crippen LogP contribution in [0.15, 0.2) is 48.5 Å². The summed E-state index contributed by atoms with van der Waals surface area (Å²) >= 11 is 0. The molecule has 1 atom stereocenters. The summed E-state index contributed by atoms with van der Waals surface area (Å²) in [5, 5.41) is 3.37. The van der Waals surface area contributed by atoms with Gasteiger partial charge in [-0.15, -0.1) is 0 Å². The van der Waals surface area contributed by atoms with E-state index in [1.165, 1.54) is 11.6 Å². The van der Waals surface area contributed by atoms with E-state index in [2.05, 4.69) is 36.5 Å². The SMILES string of the molecule is Cc1cc(F)ccc1NCCC(C)c1ccccc1. The molecule has 1 unspecified atom stereocenters. The van der Waals surface area contributed by atoms with Crippen LogP contribution in [0.3, 0.4) is 0 Å². The topological polar surface area (TPSA) is 12.0 Å². The molecule has 0 aliphatic heterocycles. The third-order valence-corrected chi connectivity index (χ3v) is 3.45. The maximum Gasteiger partial charge on any atom is 0.123 e. The maximum atomic E-state index is 13.0. The van der Waals surface area contributed by atoms with Crippen molar-refractivity contribution in [1.82, 2.24) is 0 Å². The zero-order chi connectivity index (χ0) is 13.7. The first-order chi connectivity index (χ1) is 9.16. The fourth-order valence-corrected chi connectivity index (χ4v) is 2.20. The van der Waals surface area contributed by atoms with E-state index < -0.39 is 0 Å². The third kappa shape index (κ3) is 3.82. The van der Waals surface area contributed by atoms with Gasteiger partial charge >= 0.3 is 0 Å². The second-order valence-electron chi connectivity index (χ2n) is 4.99. The van der Waals surface area contributed by atoms with Crippen LogP contribution in [0.5, 0.6) is 0 Å². The lowest BCUT2D eigenvalue weighted by atomic mass is 9.98. The smallest absolute Gasteiger partial charge is 0.123 e. The molecule has 0 radical (unpaired) electrons. The molecule has 0 saturated carbocycles. The van der Waals surface area contributed by atoms with Crippen molar-refractivity contribution in [3.63, 3.8) is 0 Å². The lowest BCUT2D eigenvalue weighted by molar-refractivity contribution is 0.626. The predicted molar refractivity (Wildman–Crippen MR) is 79.1 cm³/mol. The second-order valence-corrected chi connectivity index (χ2v) is 4.99. The molecule has 0 saturated heterocycles. The third-order valence-electron chi connectivity index (χ3n) is 3.45. The molecule has 0 fully saturated rings. The molecule has 0 aliphatic carbocycles. The standard InChI is InChI=1S/C17H20FN/c1-13(15-6-4-3-5-7-15)10-11-19-17-9-8-16(18)12-14(17)2/h3-9,12-13,19H,10-11H2,1-2H3. The molecule has 1 nitrogen and oxygen atoms in total. The van der Waals surface area contributed by atoms with Gasteiger partial charge in [0.05, 0.1) is 0 Å². The Morgan fingerprint density at radius 3 is 2.53 bits per heavy atom. The number of rotatable bonds is 5. The lowest BCUT2D eigenvalue weighted by Crippen LogP contribution is -2.07. The van der Waals surface area contributed by atoms with E-state index in [1.54, 1.807) is 12.1 Å². The van der Waals surface area contributed by atoms with Crippen LogP contribution in [0.25, 0.3) is 0 Å².